The van der Waals surface area contributed by atoms with Gasteiger partial charge in [0, 0.05) is 5.56 Å². The lowest BCUT2D eigenvalue weighted by molar-refractivity contribution is -0.387. The minimum absolute atomic E-state index is 0.0196. The molecule has 0 spiro atoms. The Balaban J connectivity index is 2.57. The SMILES string of the molecule is O=[N+]([O-])c1c(O)nc(-c2ccccc2)nc1O. The van der Waals surface area contributed by atoms with Gasteiger partial charge in [0.15, 0.2) is 5.82 Å². The van der Waals surface area contributed by atoms with Crippen LogP contribution in [0, 0.1) is 10.1 Å². The van der Waals surface area contributed by atoms with Crippen molar-refractivity contribution in [2.75, 3.05) is 0 Å². The summed E-state index contributed by atoms with van der Waals surface area (Å²) in [5, 5.41) is 29.2. The second-order valence-corrected chi connectivity index (χ2v) is 3.17. The molecule has 0 saturated heterocycles. The highest BCUT2D eigenvalue weighted by molar-refractivity contribution is 5.60. The first kappa shape index (κ1) is 10.8. The van der Waals surface area contributed by atoms with Crippen LogP contribution in [0.1, 0.15) is 0 Å². The van der Waals surface area contributed by atoms with Gasteiger partial charge in [-0.15, -0.1) is 0 Å². The molecule has 2 N–H and O–H groups in total. The maximum absolute atomic E-state index is 10.5. The van der Waals surface area contributed by atoms with Gasteiger partial charge in [0.1, 0.15) is 0 Å². The summed E-state index contributed by atoms with van der Waals surface area (Å²) < 4.78 is 0. The number of hydrogen-bond acceptors (Lipinski definition) is 6. The predicted molar refractivity (Wildman–Crippen MR) is 57.5 cm³/mol. The van der Waals surface area contributed by atoms with Crippen molar-refractivity contribution in [2.24, 2.45) is 0 Å². The van der Waals surface area contributed by atoms with Crippen molar-refractivity contribution in [2.45, 2.75) is 0 Å². The number of nitrogens with zero attached hydrogens (tertiary/aromatic N) is 3. The van der Waals surface area contributed by atoms with Gasteiger partial charge in [0.05, 0.1) is 4.92 Å². The average Bonchev–Trinajstić information content (AvgIpc) is 2.28. The molecular weight excluding hydrogens is 226 g/mol. The van der Waals surface area contributed by atoms with Crippen LogP contribution in [-0.2, 0) is 0 Å². The van der Waals surface area contributed by atoms with Crippen molar-refractivity contribution in [1.82, 2.24) is 9.97 Å². The van der Waals surface area contributed by atoms with Crippen LogP contribution in [-0.4, -0.2) is 25.1 Å². The molecule has 0 unspecified atom stereocenters. The molecule has 0 aliphatic carbocycles. The van der Waals surface area contributed by atoms with Gasteiger partial charge in [-0.25, -0.2) is 0 Å². The summed E-state index contributed by atoms with van der Waals surface area (Å²) in [7, 11) is 0. The van der Waals surface area contributed by atoms with E-state index >= 15 is 0 Å². The summed E-state index contributed by atoms with van der Waals surface area (Å²) in [5.74, 6) is -1.70. The summed E-state index contributed by atoms with van der Waals surface area (Å²) in [6.07, 6.45) is 0. The molecule has 0 atom stereocenters. The number of aromatic nitrogens is 2. The van der Waals surface area contributed by atoms with E-state index in [-0.39, 0.29) is 5.82 Å². The fraction of sp³-hybridized carbons (Fsp3) is 0. The molecule has 1 aromatic heterocycles. The first-order valence-corrected chi connectivity index (χ1v) is 4.59. The van der Waals surface area contributed by atoms with Crippen LogP contribution >= 0.6 is 0 Å². The molecule has 2 aromatic rings. The number of nitro groups is 1. The van der Waals surface area contributed by atoms with Gasteiger partial charge in [-0.1, -0.05) is 30.3 Å². The van der Waals surface area contributed by atoms with E-state index in [4.69, 9.17) is 0 Å². The third kappa shape index (κ3) is 1.98. The molecule has 7 nitrogen and oxygen atoms in total. The van der Waals surface area contributed by atoms with E-state index in [0.29, 0.717) is 5.56 Å². The first-order valence-electron chi connectivity index (χ1n) is 4.59. The van der Waals surface area contributed by atoms with E-state index in [2.05, 4.69) is 9.97 Å². The van der Waals surface area contributed by atoms with Crippen molar-refractivity contribution < 1.29 is 15.1 Å². The van der Waals surface area contributed by atoms with Gasteiger partial charge in [0.25, 0.3) is 11.8 Å². The third-order valence-corrected chi connectivity index (χ3v) is 2.06. The van der Waals surface area contributed by atoms with Crippen LogP contribution in [0.2, 0.25) is 0 Å². The molecular formula is C10H7N3O4. The molecule has 2 rings (SSSR count). The molecule has 86 valence electrons. The lowest BCUT2D eigenvalue weighted by Crippen LogP contribution is -1.96. The second kappa shape index (κ2) is 4.05. The molecule has 0 bridgehead atoms. The number of aromatic hydroxyl groups is 2. The maximum Gasteiger partial charge on any atom is 0.391 e. The Kier molecular flexibility index (Phi) is 2.57. The zero-order chi connectivity index (χ0) is 12.4. The minimum Gasteiger partial charge on any atom is -0.488 e. The molecule has 7 heteroatoms. The van der Waals surface area contributed by atoms with Crippen LogP contribution in [0.25, 0.3) is 11.4 Å². The van der Waals surface area contributed by atoms with E-state index in [9.17, 15) is 20.3 Å². The van der Waals surface area contributed by atoms with Gasteiger partial charge in [-0.05, 0) is 0 Å². The monoisotopic (exact) mass is 233 g/mol. The predicted octanol–water partition coefficient (Wildman–Crippen LogP) is 1.46. The van der Waals surface area contributed by atoms with Crippen LogP contribution in [0.15, 0.2) is 30.3 Å². The largest absolute Gasteiger partial charge is 0.488 e. The normalized spacial score (nSPS) is 10.1. The second-order valence-electron chi connectivity index (χ2n) is 3.17. The fourth-order valence-electron chi connectivity index (χ4n) is 1.31. The van der Waals surface area contributed by atoms with Gasteiger partial charge >= 0.3 is 5.69 Å². The Morgan fingerprint density at radius 1 is 1.06 bits per heavy atom. The summed E-state index contributed by atoms with van der Waals surface area (Å²) in [6.45, 7) is 0. The van der Waals surface area contributed by atoms with Gasteiger partial charge in [-0.2, -0.15) is 9.97 Å². The van der Waals surface area contributed by atoms with E-state index < -0.39 is 22.4 Å². The molecule has 0 aliphatic rings. The zero-order valence-electron chi connectivity index (χ0n) is 8.44. The molecule has 0 fully saturated rings. The number of hydrogen-bond donors (Lipinski definition) is 2. The van der Waals surface area contributed by atoms with Gasteiger partial charge in [-0.3, -0.25) is 10.1 Å². The summed E-state index contributed by atoms with van der Waals surface area (Å²) in [4.78, 5) is 16.7. The van der Waals surface area contributed by atoms with Crippen LogP contribution < -0.4 is 0 Å². The lowest BCUT2D eigenvalue weighted by Gasteiger charge is -2.02. The van der Waals surface area contributed by atoms with Crippen molar-refractivity contribution in [3.63, 3.8) is 0 Å². The maximum atomic E-state index is 10.5. The van der Waals surface area contributed by atoms with Crippen molar-refractivity contribution >= 4 is 5.69 Å². The highest BCUT2D eigenvalue weighted by Gasteiger charge is 2.24. The standard InChI is InChI=1S/C10H7N3O4/c14-9-7(13(16)17)10(15)12-8(11-9)6-4-2-1-3-5-6/h1-5H,(H2,11,12,14,15). The summed E-state index contributed by atoms with van der Waals surface area (Å²) in [6, 6.07) is 8.51. The lowest BCUT2D eigenvalue weighted by atomic mass is 10.2. The van der Waals surface area contributed by atoms with Gasteiger partial charge < -0.3 is 10.2 Å². The average molecular weight is 233 g/mol. The Hall–Kier alpha value is -2.70. The molecule has 0 amide bonds. The Bertz CT molecular complexity index is 548. The topological polar surface area (TPSA) is 109 Å². The van der Waals surface area contributed by atoms with Gasteiger partial charge in [0.2, 0.25) is 0 Å². The highest BCUT2D eigenvalue weighted by atomic mass is 16.6. The third-order valence-electron chi connectivity index (χ3n) is 2.06. The Labute approximate surface area is 95.2 Å². The smallest absolute Gasteiger partial charge is 0.391 e. The number of rotatable bonds is 2. The molecule has 1 aromatic carbocycles. The highest BCUT2D eigenvalue weighted by Crippen LogP contribution is 2.33. The molecule has 0 saturated carbocycles. The molecule has 0 radical (unpaired) electrons. The van der Waals surface area contributed by atoms with Crippen molar-refractivity contribution in [3.8, 4) is 23.1 Å². The fourth-order valence-corrected chi connectivity index (χ4v) is 1.31. The minimum atomic E-state index is -0.945. The quantitative estimate of drug-likeness (QED) is 0.600. The van der Waals surface area contributed by atoms with E-state index in [1.807, 2.05) is 0 Å². The zero-order valence-corrected chi connectivity index (χ0v) is 8.44. The van der Waals surface area contributed by atoms with E-state index in [1.165, 1.54) is 0 Å². The van der Waals surface area contributed by atoms with E-state index in [0.717, 1.165) is 0 Å². The number of benzene rings is 1. The van der Waals surface area contributed by atoms with Crippen molar-refractivity contribution in [1.29, 1.82) is 0 Å². The first-order chi connectivity index (χ1) is 8.09. The van der Waals surface area contributed by atoms with Crippen LogP contribution in [0.4, 0.5) is 5.69 Å². The summed E-state index contributed by atoms with van der Waals surface area (Å²) >= 11 is 0. The molecule has 0 aliphatic heterocycles. The molecule has 17 heavy (non-hydrogen) atoms. The Morgan fingerprint density at radius 2 is 1.59 bits per heavy atom. The Morgan fingerprint density at radius 3 is 2.06 bits per heavy atom. The van der Waals surface area contributed by atoms with Crippen LogP contribution in [0.5, 0.6) is 11.8 Å². The van der Waals surface area contributed by atoms with E-state index in [1.54, 1.807) is 30.3 Å². The summed E-state index contributed by atoms with van der Waals surface area (Å²) in [5.41, 5.74) is -0.363. The van der Waals surface area contributed by atoms with Crippen LogP contribution in [0.3, 0.4) is 0 Å². The van der Waals surface area contributed by atoms with Crippen molar-refractivity contribution in [3.05, 3.63) is 40.4 Å². The molecule has 1 heterocycles.